The number of carbonyl (C=O) groups excluding carboxylic acids is 1. The van der Waals surface area contributed by atoms with Crippen LogP contribution in [0.3, 0.4) is 0 Å². The maximum Gasteiger partial charge on any atom is 0.180 e. The van der Waals surface area contributed by atoms with Crippen molar-refractivity contribution in [1.29, 1.82) is 0 Å². The van der Waals surface area contributed by atoms with Crippen LogP contribution in [-0.4, -0.2) is 45.8 Å². The Balaban J connectivity index is 2.27. The predicted molar refractivity (Wildman–Crippen MR) is 66.5 cm³/mol. The first kappa shape index (κ1) is 12.9. The van der Waals surface area contributed by atoms with Crippen molar-refractivity contribution in [2.45, 2.75) is 6.10 Å². The number of para-hydroxylation sites is 1. The van der Waals surface area contributed by atoms with Gasteiger partial charge < -0.3 is 19.5 Å². The van der Waals surface area contributed by atoms with Crippen LogP contribution >= 0.6 is 0 Å². The molecule has 1 N–H and O–H groups in total. The van der Waals surface area contributed by atoms with Gasteiger partial charge in [0.25, 0.3) is 0 Å². The molecule has 0 bridgehead atoms. The molecule has 1 heterocycles. The van der Waals surface area contributed by atoms with Crippen LogP contribution in [0, 0.1) is 0 Å². The predicted octanol–water partition coefficient (Wildman–Crippen LogP) is 0.875. The molecular formula is C13H17NO4. The van der Waals surface area contributed by atoms with Gasteiger partial charge in [-0.25, -0.2) is 0 Å². The Morgan fingerprint density at radius 2 is 2.28 bits per heavy atom. The number of nitrogens with one attached hydrogen (secondary N) is 1. The Bertz CT molecular complexity index is 429. The fourth-order valence-electron chi connectivity index (χ4n) is 1.72. The van der Waals surface area contributed by atoms with E-state index >= 15 is 0 Å². The molecule has 0 aliphatic carbocycles. The van der Waals surface area contributed by atoms with Crippen LogP contribution < -0.4 is 14.8 Å². The fourth-order valence-corrected chi connectivity index (χ4v) is 1.72. The van der Waals surface area contributed by atoms with Crippen molar-refractivity contribution in [3.05, 3.63) is 23.8 Å². The van der Waals surface area contributed by atoms with Gasteiger partial charge in [-0.3, -0.25) is 4.79 Å². The summed E-state index contributed by atoms with van der Waals surface area (Å²) in [6, 6.07) is 5.31. The summed E-state index contributed by atoms with van der Waals surface area (Å²) in [4.78, 5) is 12.0. The molecule has 1 aromatic rings. The zero-order valence-electron chi connectivity index (χ0n) is 10.6. The second-order valence-electron chi connectivity index (χ2n) is 4.07. The molecule has 98 valence electrons. The van der Waals surface area contributed by atoms with Gasteiger partial charge in [-0.05, 0) is 19.2 Å². The number of methoxy groups -OCH3 is 1. The van der Waals surface area contributed by atoms with Gasteiger partial charge in [0.1, 0.15) is 6.10 Å². The van der Waals surface area contributed by atoms with Crippen molar-refractivity contribution in [1.82, 2.24) is 5.32 Å². The van der Waals surface area contributed by atoms with Gasteiger partial charge in [0, 0.05) is 0 Å². The number of likely N-dealkylation sites (N-methyl/N-ethyl adjacent to an activating group) is 1. The molecule has 0 amide bonds. The van der Waals surface area contributed by atoms with Crippen LogP contribution in [0.2, 0.25) is 0 Å². The number of carbonyl (C=O) groups is 1. The van der Waals surface area contributed by atoms with E-state index in [1.54, 1.807) is 32.4 Å². The van der Waals surface area contributed by atoms with Gasteiger partial charge in [-0.1, -0.05) is 6.07 Å². The van der Waals surface area contributed by atoms with E-state index < -0.39 is 0 Å². The highest BCUT2D eigenvalue weighted by Crippen LogP contribution is 2.33. The van der Waals surface area contributed by atoms with Gasteiger partial charge in [0.2, 0.25) is 0 Å². The zero-order chi connectivity index (χ0) is 13.0. The first-order valence-corrected chi connectivity index (χ1v) is 5.85. The second-order valence-corrected chi connectivity index (χ2v) is 4.07. The van der Waals surface area contributed by atoms with E-state index in [1.807, 2.05) is 0 Å². The largest absolute Gasteiger partial charge is 0.493 e. The monoisotopic (exact) mass is 251 g/mol. The Labute approximate surface area is 106 Å². The summed E-state index contributed by atoms with van der Waals surface area (Å²) in [6.45, 7) is 1.38. The number of benzene rings is 1. The van der Waals surface area contributed by atoms with Crippen LogP contribution in [0.5, 0.6) is 11.5 Å². The summed E-state index contributed by atoms with van der Waals surface area (Å²) in [5.74, 6) is 1.06. The smallest absolute Gasteiger partial charge is 0.180 e. The lowest BCUT2D eigenvalue weighted by molar-refractivity contribution is -0.0805. The van der Waals surface area contributed by atoms with Crippen LogP contribution in [0.15, 0.2) is 18.2 Å². The summed E-state index contributed by atoms with van der Waals surface area (Å²) >= 11 is 0. The highest BCUT2D eigenvalue weighted by Gasteiger charge is 2.25. The number of ether oxygens (including phenoxy) is 3. The first-order chi connectivity index (χ1) is 8.76. The molecule has 0 saturated carbocycles. The van der Waals surface area contributed by atoms with Gasteiger partial charge in [-0.2, -0.15) is 0 Å². The molecule has 0 radical (unpaired) electrons. The van der Waals surface area contributed by atoms with Gasteiger partial charge in [0.15, 0.2) is 17.3 Å². The lowest BCUT2D eigenvalue weighted by atomic mass is 10.1. The van der Waals surface area contributed by atoms with Gasteiger partial charge >= 0.3 is 0 Å². The Morgan fingerprint density at radius 1 is 1.50 bits per heavy atom. The van der Waals surface area contributed by atoms with E-state index in [-0.39, 0.29) is 18.4 Å². The molecule has 0 spiro atoms. The molecule has 1 aliphatic heterocycles. The lowest BCUT2D eigenvalue weighted by Gasteiger charge is -2.28. The molecule has 1 aromatic carbocycles. The number of hydrogen-bond donors (Lipinski definition) is 1. The van der Waals surface area contributed by atoms with Crippen molar-refractivity contribution in [2.75, 3.05) is 33.9 Å². The first-order valence-electron chi connectivity index (χ1n) is 5.85. The molecular weight excluding hydrogens is 234 g/mol. The third-order valence-electron chi connectivity index (χ3n) is 2.73. The van der Waals surface area contributed by atoms with Crippen molar-refractivity contribution in [3.8, 4) is 11.5 Å². The number of rotatable bonds is 6. The summed E-state index contributed by atoms with van der Waals surface area (Å²) < 4.78 is 16.1. The molecule has 1 aliphatic rings. The summed E-state index contributed by atoms with van der Waals surface area (Å²) in [5.41, 5.74) is 0.538. The second kappa shape index (κ2) is 5.84. The maximum atomic E-state index is 12.0. The normalized spacial score (nSPS) is 15.0. The van der Waals surface area contributed by atoms with Crippen molar-refractivity contribution in [3.63, 3.8) is 0 Å². The fraction of sp³-hybridized carbons (Fsp3) is 0.462. The maximum absolute atomic E-state index is 12.0. The van der Waals surface area contributed by atoms with Crippen LogP contribution in [0.25, 0.3) is 0 Å². The van der Waals surface area contributed by atoms with E-state index in [1.165, 1.54) is 0 Å². The third-order valence-corrected chi connectivity index (χ3v) is 2.73. The number of ketones is 1. The molecule has 0 atom stereocenters. The molecule has 1 fully saturated rings. The van der Waals surface area contributed by atoms with Crippen LogP contribution in [0.4, 0.5) is 0 Å². The molecule has 1 saturated heterocycles. The quantitative estimate of drug-likeness (QED) is 0.760. The Hall–Kier alpha value is -1.59. The third kappa shape index (κ3) is 2.63. The number of Topliss-reactive ketones (excluding diaryl/α,β-unsaturated/α-hetero) is 1. The molecule has 5 nitrogen and oxygen atoms in total. The molecule has 18 heavy (non-hydrogen) atoms. The van der Waals surface area contributed by atoms with E-state index in [2.05, 4.69) is 5.32 Å². The number of hydrogen-bond acceptors (Lipinski definition) is 5. The Morgan fingerprint density at radius 3 is 2.83 bits per heavy atom. The SMILES string of the molecule is CNCC(=O)c1cccc(OC)c1OC1COC1. The summed E-state index contributed by atoms with van der Waals surface area (Å²) in [6.07, 6.45) is 0.00226. The molecule has 0 unspecified atom stereocenters. The van der Waals surface area contributed by atoms with Crippen molar-refractivity contribution >= 4 is 5.78 Å². The molecule has 2 rings (SSSR count). The van der Waals surface area contributed by atoms with Crippen molar-refractivity contribution in [2.24, 2.45) is 0 Å². The highest BCUT2D eigenvalue weighted by atomic mass is 16.6. The van der Waals surface area contributed by atoms with E-state index in [0.717, 1.165) is 0 Å². The average molecular weight is 251 g/mol. The minimum atomic E-state index is -0.0216. The average Bonchev–Trinajstić information content (AvgIpc) is 2.33. The minimum Gasteiger partial charge on any atom is -0.493 e. The standard InChI is InChI=1S/C13H17NO4/c1-14-6-11(15)10-4-3-5-12(16-2)13(10)18-9-7-17-8-9/h3-5,9,14H,6-8H2,1-2H3. The molecule has 0 aromatic heterocycles. The highest BCUT2D eigenvalue weighted by molar-refractivity contribution is 6.00. The van der Waals surface area contributed by atoms with Crippen molar-refractivity contribution < 1.29 is 19.0 Å². The van der Waals surface area contributed by atoms with Gasteiger partial charge in [0.05, 0.1) is 32.4 Å². The summed E-state index contributed by atoms with van der Waals surface area (Å²) in [5, 5.41) is 2.84. The van der Waals surface area contributed by atoms with E-state index in [9.17, 15) is 4.79 Å². The summed E-state index contributed by atoms with van der Waals surface area (Å²) in [7, 11) is 3.30. The Kier molecular flexibility index (Phi) is 4.17. The minimum absolute atomic E-state index is 0.00226. The zero-order valence-corrected chi connectivity index (χ0v) is 10.6. The van der Waals surface area contributed by atoms with E-state index in [4.69, 9.17) is 14.2 Å². The van der Waals surface area contributed by atoms with Crippen LogP contribution in [0.1, 0.15) is 10.4 Å². The van der Waals surface area contributed by atoms with Crippen LogP contribution in [-0.2, 0) is 4.74 Å². The topological polar surface area (TPSA) is 56.8 Å². The van der Waals surface area contributed by atoms with Gasteiger partial charge in [-0.15, -0.1) is 0 Å². The molecule has 5 heteroatoms. The van der Waals surface area contributed by atoms with E-state index in [0.29, 0.717) is 30.3 Å². The lowest BCUT2D eigenvalue weighted by Crippen LogP contribution is -2.39.